The van der Waals surface area contributed by atoms with Crippen LogP contribution in [0.5, 0.6) is 11.5 Å². The van der Waals surface area contributed by atoms with Crippen molar-refractivity contribution in [2.75, 3.05) is 14.2 Å². The lowest BCUT2D eigenvalue weighted by atomic mass is 10.2. The van der Waals surface area contributed by atoms with Crippen LogP contribution < -0.4 is 14.9 Å². The molecular weight excluding hydrogens is 232 g/mol. The minimum atomic E-state index is -0.0961. The van der Waals surface area contributed by atoms with Crippen LogP contribution in [0.4, 0.5) is 0 Å². The van der Waals surface area contributed by atoms with Crippen molar-refractivity contribution in [3.05, 3.63) is 23.8 Å². The quantitative estimate of drug-likeness (QED) is 0.620. The number of carbonyl (C=O) groups excluding carboxylic acids is 1. The predicted octanol–water partition coefficient (Wildman–Crippen LogP) is 1.95. The van der Waals surface area contributed by atoms with Crippen LogP contribution in [0, 0.1) is 0 Å². The molecule has 0 spiro atoms. The van der Waals surface area contributed by atoms with Crippen LogP contribution in [-0.4, -0.2) is 26.3 Å². The van der Waals surface area contributed by atoms with E-state index in [0.29, 0.717) is 17.9 Å². The summed E-state index contributed by atoms with van der Waals surface area (Å²) in [5.74, 6) is 1.25. The van der Waals surface area contributed by atoms with Gasteiger partial charge >= 0.3 is 0 Å². The maximum Gasteiger partial charge on any atom is 0.240 e. The van der Waals surface area contributed by atoms with Crippen molar-refractivity contribution in [1.82, 2.24) is 5.43 Å². The first kappa shape index (κ1) is 14.0. The summed E-state index contributed by atoms with van der Waals surface area (Å²) < 4.78 is 10.3. The van der Waals surface area contributed by atoms with Gasteiger partial charge in [0, 0.05) is 18.1 Å². The Morgan fingerprint density at radius 2 is 2.17 bits per heavy atom. The van der Waals surface area contributed by atoms with Crippen LogP contribution in [-0.2, 0) is 4.79 Å². The van der Waals surface area contributed by atoms with Gasteiger partial charge in [0.15, 0.2) is 0 Å². The lowest BCUT2D eigenvalue weighted by Crippen LogP contribution is -2.16. The molecule has 0 saturated heterocycles. The van der Waals surface area contributed by atoms with Crippen molar-refractivity contribution in [2.45, 2.75) is 19.8 Å². The number of nitrogens with one attached hydrogen (secondary N) is 1. The molecule has 0 fully saturated rings. The van der Waals surface area contributed by atoms with E-state index in [1.54, 1.807) is 32.6 Å². The van der Waals surface area contributed by atoms with Crippen molar-refractivity contribution in [3.63, 3.8) is 0 Å². The number of amides is 1. The Balaban J connectivity index is 2.71. The van der Waals surface area contributed by atoms with Crippen LogP contribution in [0.15, 0.2) is 23.3 Å². The second kappa shape index (κ2) is 7.32. The third-order valence-corrected chi connectivity index (χ3v) is 2.31. The van der Waals surface area contributed by atoms with E-state index in [2.05, 4.69) is 10.5 Å². The number of nitrogens with zero attached hydrogens (tertiary/aromatic N) is 1. The highest BCUT2D eigenvalue weighted by Crippen LogP contribution is 2.22. The number of ether oxygens (including phenoxy) is 2. The minimum Gasteiger partial charge on any atom is -0.497 e. The first-order chi connectivity index (χ1) is 8.71. The molecule has 1 amide bonds. The van der Waals surface area contributed by atoms with Crippen LogP contribution in [0.3, 0.4) is 0 Å². The fourth-order valence-corrected chi connectivity index (χ4v) is 1.38. The van der Waals surface area contributed by atoms with Crippen LogP contribution >= 0.6 is 0 Å². The molecule has 98 valence electrons. The Kier molecular flexibility index (Phi) is 5.70. The molecule has 1 aromatic rings. The van der Waals surface area contributed by atoms with Gasteiger partial charge in [0.25, 0.3) is 0 Å². The summed E-state index contributed by atoms with van der Waals surface area (Å²) in [5.41, 5.74) is 3.23. The summed E-state index contributed by atoms with van der Waals surface area (Å²) in [7, 11) is 3.16. The minimum absolute atomic E-state index is 0.0961. The van der Waals surface area contributed by atoms with E-state index in [4.69, 9.17) is 9.47 Å². The van der Waals surface area contributed by atoms with Gasteiger partial charge in [-0.2, -0.15) is 5.10 Å². The number of rotatable bonds is 6. The monoisotopic (exact) mass is 250 g/mol. The Labute approximate surface area is 107 Å². The SMILES string of the molecule is CCCC(=O)N/N=C/c1ccc(OC)cc1OC. The topological polar surface area (TPSA) is 59.9 Å². The largest absolute Gasteiger partial charge is 0.497 e. The standard InChI is InChI=1S/C13H18N2O3/c1-4-5-13(16)15-14-9-10-6-7-11(17-2)8-12(10)18-3/h6-9H,4-5H2,1-3H3,(H,15,16)/b14-9+. The molecule has 0 unspecified atom stereocenters. The van der Waals surface area contributed by atoms with E-state index in [9.17, 15) is 4.79 Å². The molecule has 0 bridgehead atoms. The first-order valence-electron chi connectivity index (χ1n) is 5.75. The molecule has 0 aliphatic rings. The van der Waals surface area contributed by atoms with Gasteiger partial charge in [-0.25, -0.2) is 5.43 Å². The van der Waals surface area contributed by atoms with Gasteiger partial charge in [0.1, 0.15) is 11.5 Å². The maximum atomic E-state index is 11.2. The van der Waals surface area contributed by atoms with Crippen molar-refractivity contribution in [3.8, 4) is 11.5 Å². The molecule has 5 nitrogen and oxygen atoms in total. The molecule has 1 rings (SSSR count). The molecule has 0 aliphatic carbocycles. The summed E-state index contributed by atoms with van der Waals surface area (Å²) in [4.78, 5) is 11.2. The summed E-state index contributed by atoms with van der Waals surface area (Å²) in [6, 6.07) is 5.38. The molecule has 0 saturated carbocycles. The lowest BCUT2D eigenvalue weighted by Gasteiger charge is -2.06. The molecule has 18 heavy (non-hydrogen) atoms. The van der Waals surface area contributed by atoms with Crippen LogP contribution in [0.1, 0.15) is 25.3 Å². The van der Waals surface area contributed by atoms with Gasteiger partial charge < -0.3 is 9.47 Å². The Hall–Kier alpha value is -2.04. The van der Waals surface area contributed by atoms with Crippen LogP contribution in [0.25, 0.3) is 0 Å². The van der Waals surface area contributed by atoms with Gasteiger partial charge in [-0.15, -0.1) is 0 Å². The highest BCUT2D eigenvalue weighted by atomic mass is 16.5. The third kappa shape index (κ3) is 4.08. The molecule has 1 N–H and O–H groups in total. The van der Waals surface area contributed by atoms with E-state index in [1.165, 1.54) is 0 Å². The predicted molar refractivity (Wildman–Crippen MR) is 70.2 cm³/mol. The fourth-order valence-electron chi connectivity index (χ4n) is 1.38. The highest BCUT2D eigenvalue weighted by Gasteiger charge is 2.02. The number of hydrogen-bond acceptors (Lipinski definition) is 4. The molecular formula is C13H18N2O3. The van der Waals surface area contributed by atoms with Crippen LogP contribution in [0.2, 0.25) is 0 Å². The third-order valence-electron chi connectivity index (χ3n) is 2.31. The van der Waals surface area contributed by atoms with Gasteiger partial charge in [0.2, 0.25) is 5.91 Å². The summed E-state index contributed by atoms with van der Waals surface area (Å²) in [6.07, 6.45) is 2.82. The number of hydrazone groups is 1. The number of hydrogen-bond donors (Lipinski definition) is 1. The molecule has 5 heteroatoms. The molecule has 1 aromatic carbocycles. The van der Waals surface area contributed by atoms with Crippen molar-refractivity contribution >= 4 is 12.1 Å². The van der Waals surface area contributed by atoms with E-state index < -0.39 is 0 Å². The smallest absolute Gasteiger partial charge is 0.240 e. The molecule has 0 atom stereocenters. The van der Waals surface area contributed by atoms with Gasteiger partial charge in [0.05, 0.1) is 20.4 Å². The lowest BCUT2D eigenvalue weighted by molar-refractivity contribution is -0.121. The van der Waals surface area contributed by atoms with Crippen molar-refractivity contribution in [1.29, 1.82) is 0 Å². The summed E-state index contributed by atoms with van der Waals surface area (Å²) >= 11 is 0. The van der Waals surface area contributed by atoms with E-state index >= 15 is 0 Å². The second-order valence-corrected chi connectivity index (χ2v) is 3.65. The number of methoxy groups -OCH3 is 2. The zero-order valence-electron chi connectivity index (χ0n) is 10.9. The van der Waals surface area contributed by atoms with Gasteiger partial charge in [-0.1, -0.05) is 6.92 Å². The molecule has 0 aliphatic heterocycles. The number of benzene rings is 1. The molecule has 0 heterocycles. The first-order valence-corrected chi connectivity index (χ1v) is 5.75. The normalized spacial score (nSPS) is 10.4. The van der Waals surface area contributed by atoms with Gasteiger partial charge in [-0.3, -0.25) is 4.79 Å². The average molecular weight is 250 g/mol. The second-order valence-electron chi connectivity index (χ2n) is 3.65. The van der Waals surface area contributed by atoms with E-state index in [-0.39, 0.29) is 5.91 Å². The molecule has 0 radical (unpaired) electrons. The number of carbonyl (C=O) groups is 1. The Morgan fingerprint density at radius 1 is 1.39 bits per heavy atom. The zero-order valence-corrected chi connectivity index (χ0v) is 10.9. The maximum absolute atomic E-state index is 11.2. The Bertz CT molecular complexity index is 430. The highest BCUT2D eigenvalue weighted by molar-refractivity contribution is 5.85. The fraction of sp³-hybridized carbons (Fsp3) is 0.385. The zero-order chi connectivity index (χ0) is 13.4. The van der Waals surface area contributed by atoms with E-state index in [0.717, 1.165) is 12.0 Å². The average Bonchev–Trinajstić information content (AvgIpc) is 2.39. The summed E-state index contributed by atoms with van der Waals surface area (Å²) in [6.45, 7) is 1.94. The van der Waals surface area contributed by atoms with Gasteiger partial charge in [-0.05, 0) is 18.6 Å². The Morgan fingerprint density at radius 3 is 2.78 bits per heavy atom. The molecule has 0 aromatic heterocycles. The van der Waals surface area contributed by atoms with E-state index in [1.807, 2.05) is 13.0 Å². The summed E-state index contributed by atoms with van der Waals surface area (Å²) in [5, 5.41) is 3.88. The van der Waals surface area contributed by atoms with Crippen molar-refractivity contribution < 1.29 is 14.3 Å². The van der Waals surface area contributed by atoms with Crippen molar-refractivity contribution in [2.24, 2.45) is 5.10 Å².